The van der Waals surface area contributed by atoms with E-state index in [1.807, 2.05) is 0 Å². The van der Waals surface area contributed by atoms with E-state index in [1.165, 1.54) is 10.6 Å². The van der Waals surface area contributed by atoms with E-state index >= 15 is 0 Å². The first-order valence-electron chi connectivity index (χ1n) is 5.72. The average Bonchev–Trinajstić information content (AvgIpc) is 2.54. The van der Waals surface area contributed by atoms with Crippen molar-refractivity contribution in [1.82, 2.24) is 4.57 Å². The minimum absolute atomic E-state index is 0.0756. The number of alkyl halides is 2. The Hall–Kier alpha value is -1.39. The van der Waals surface area contributed by atoms with E-state index in [9.17, 15) is 13.6 Å². The van der Waals surface area contributed by atoms with Crippen LogP contribution in [0.25, 0.3) is 0 Å². The highest BCUT2D eigenvalue weighted by Gasteiger charge is 2.39. The zero-order valence-electron chi connectivity index (χ0n) is 9.75. The normalized spacial score (nSPS) is 22.9. The van der Waals surface area contributed by atoms with E-state index in [4.69, 9.17) is 5.73 Å². The molecule has 94 valence electrons. The number of rotatable bonds is 2. The molecule has 0 saturated heterocycles. The zero-order valence-corrected chi connectivity index (χ0v) is 9.75. The molecule has 0 spiro atoms. The van der Waals surface area contributed by atoms with Crippen LogP contribution in [0.4, 0.5) is 14.5 Å². The Kier molecular flexibility index (Phi) is 2.93. The molecule has 0 aromatic carbocycles. The average molecular weight is 242 g/mol. The predicted octanol–water partition coefficient (Wildman–Crippen LogP) is 2.17. The predicted molar refractivity (Wildman–Crippen MR) is 62.1 cm³/mol. The number of pyridine rings is 1. The third kappa shape index (κ3) is 2.65. The van der Waals surface area contributed by atoms with Crippen LogP contribution in [0.5, 0.6) is 0 Å². The van der Waals surface area contributed by atoms with Gasteiger partial charge in [0.2, 0.25) is 5.92 Å². The molecule has 2 rings (SSSR count). The van der Waals surface area contributed by atoms with Crippen molar-refractivity contribution in [2.45, 2.75) is 38.7 Å². The third-order valence-corrected chi connectivity index (χ3v) is 3.33. The Balaban J connectivity index is 2.15. The van der Waals surface area contributed by atoms with Crippen molar-refractivity contribution in [2.24, 2.45) is 5.92 Å². The maximum absolute atomic E-state index is 13.0. The molecule has 1 aliphatic rings. The van der Waals surface area contributed by atoms with Crippen LogP contribution in [0.2, 0.25) is 0 Å². The van der Waals surface area contributed by atoms with Gasteiger partial charge in [-0.3, -0.25) is 4.79 Å². The number of hydrogen-bond acceptors (Lipinski definition) is 2. The molecule has 1 saturated carbocycles. The number of nitrogens with two attached hydrogens (primary N) is 1. The second-order valence-corrected chi connectivity index (χ2v) is 4.87. The Bertz CT molecular complexity index is 482. The summed E-state index contributed by atoms with van der Waals surface area (Å²) in [5.74, 6) is -2.70. The molecule has 1 unspecified atom stereocenters. The molecule has 0 aliphatic heterocycles. The second-order valence-electron chi connectivity index (χ2n) is 4.87. The highest BCUT2D eigenvalue weighted by Crippen LogP contribution is 2.39. The summed E-state index contributed by atoms with van der Waals surface area (Å²) in [7, 11) is 0. The first kappa shape index (κ1) is 12.1. The molecule has 3 nitrogen and oxygen atoms in total. The van der Waals surface area contributed by atoms with Gasteiger partial charge >= 0.3 is 0 Å². The number of nitrogen functional groups attached to an aromatic ring is 1. The number of nitrogens with zero attached hydrogens (tertiary/aromatic N) is 1. The van der Waals surface area contributed by atoms with Crippen molar-refractivity contribution < 1.29 is 8.78 Å². The van der Waals surface area contributed by atoms with Crippen LogP contribution in [0.15, 0.2) is 17.1 Å². The molecule has 5 heteroatoms. The van der Waals surface area contributed by atoms with E-state index in [2.05, 4.69) is 0 Å². The Morgan fingerprint density at radius 2 is 2.29 bits per heavy atom. The van der Waals surface area contributed by atoms with E-state index in [1.54, 1.807) is 13.1 Å². The van der Waals surface area contributed by atoms with Gasteiger partial charge in [0.1, 0.15) is 0 Å². The number of hydrogen-bond donors (Lipinski definition) is 1. The summed E-state index contributed by atoms with van der Waals surface area (Å²) < 4.78 is 27.5. The molecule has 1 aromatic rings. The molecule has 1 aliphatic carbocycles. The van der Waals surface area contributed by atoms with Crippen molar-refractivity contribution in [3.63, 3.8) is 0 Å². The fraction of sp³-hybridized carbons (Fsp3) is 0.583. The quantitative estimate of drug-likeness (QED) is 0.864. The van der Waals surface area contributed by atoms with Crippen LogP contribution in [-0.4, -0.2) is 10.5 Å². The van der Waals surface area contributed by atoms with Gasteiger partial charge in [0.15, 0.2) is 0 Å². The molecule has 1 fully saturated rings. The lowest BCUT2D eigenvalue weighted by atomic mass is 10.1. The summed E-state index contributed by atoms with van der Waals surface area (Å²) in [6.45, 7) is 2.09. The van der Waals surface area contributed by atoms with Crippen LogP contribution < -0.4 is 11.3 Å². The Morgan fingerprint density at radius 1 is 1.59 bits per heavy atom. The minimum atomic E-state index is -2.56. The monoisotopic (exact) mass is 242 g/mol. The van der Waals surface area contributed by atoms with Crippen molar-refractivity contribution >= 4 is 5.69 Å². The third-order valence-electron chi connectivity index (χ3n) is 3.33. The van der Waals surface area contributed by atoms with Gasteiger partial charge in [-0.25, -0.2) is 8.78 Å². The molecule has 1 heterocycles. The van der Waals surface area contributed by atoms with E-state index in [0.717, 1.165) is 5.56 Å². The van der Waals surface area contributed by atoms with Gasteiger partial charge in [0.05, 0.1) is 5.69 Å². The zero-order chi connectivity index (χ0) is 12.6. The summed E-state index contributed by atoms with van der Waals surface area (Å²) in [6, 6.07) is 1.45. The fourth-order valence-electron chi connectivity index (χ4n) is 2.30. The van der Waals surface area contributed by atoms with Crippen LogP contribution >= 0.6 is 0 Å². The SMILES string of the molecule is Cc1cc(=O)n(CC2CCC(F)(F)C2)cc1N. The van der Waals surface area contributed by atoms with Crippen LogP contribution in [-0.2, 0) is 6.54 Å². The molecule has 2 N–H and O–H groups in total. The molecular formula is C12H16F2N2O. The highest BCUT2D eigenvalue weighted by molar-refractivity contribution is 5.42. The van der Waals surface area contributed by atoms with Crippen molar-refractivity contribution in [2.75, 3.05) is 5.73 Å². The maximum atomic E-state index is 13.0. The molecule has 17 heavy (non-hydrogen) atoms. The smallest absolute Gasteiger partial charge is 0.250 e. The lowest BCUT2D eigenvalue weighted by Crippen LogP contribution is -2.24. The second kappa shape index (κ2) is 4.13. The number of aryl methyl sites for hydroxylation is 1. The van der Waals surface area contributed by atoms with Crippen LogP contribution in [0.3, 0.4) is 0 Å². The van der Waals surface area contributed by atoms with Gasteiger partial charge in [-0.2, -0.15) is 0 Å². The summed E-state index contributed by atoms with van der Waals surface area (Å²) in [5.41, 5.74) is 6.78. The van der Waals surface area contributed by atoms with Gasteiger partial charge in [-0.05, 0) is 24.8 Å². The fourth-order valence-corrected chi connectivity index (χ4v) is 2.30. The summed E-state index contributed by atoms with van der Waals surface area (Å²) in [4.78, 5) is 11.7. The van der Waals surface area contributed by atoms with Crippen molar-refractivity contribution in [3.05, 3.63) is 28.2 Å². The van der Waals surface area contributed by atoms with Gasteiger partial charge in [-0.1, -0.05) is 0 Å². The topological polar surface area (TPSA) is 48.0 Å². The molecule has 1 atom stereocenters. The molecule has 1 aromatic heterocycles. The maximum Gasteiger partial charge on any atom is 0.250 e. The standard InChI is InChI=1S/C12H16F2N2O/c1-8-4-11(17)16(7-10(8)15)6-9-2-3-12(13,14)5-9/h4,7,9H,2-3,5-6,15H2,1H3. The number of anilines is 1. The van der Waals surface area contributed by atoms with Crippen LogP contribution in [0, 0.1) is 12.8 Å². The summed E-state index contributed by atoms with van der Waals surface area (Å²) in [6.07, 6.45) is 1.81. The van der Waals surface area contributed by atoms with Gasteiger partial charge in [0.25, 0.3) is 5.56 Å². The van der Waals surface area contributed by atoms with E-state index in [0.29, 0.717) is 18.7 Å². The summed E-state index contributed by atoms with van der Waals surface area (Å²) >= 11 is 0. The Labute approximate surface area is 98.2 Å². The molecular weight excluding hydrogens is 226 g/mol. The lowest BCUT2D eigenvalue weighted by Gasteiger charge is -2.13. The van der Waals surface area contributed by atoms with Gasteiger partial charge in [-0.15, -0.1) is 0 Å². The summed E-state index contributed by atoms with van der Waals surface area (Å²) in [5, 5.41) is 0. The van der Waals surface area contributed by atoms with Gasteiger partial charge < -0.3 is 10.3 Å². The minimum Gasteiger partial charge on any atom is -0.397 e. The van der Waals surface area contributed by atoms with E-state index in [-0.39, 0.29) is 24.3 Å². The van der Waals surface area contributed by atoms with Crippen molar-refractivity contribution in [3.8, 4) is 0 Å². The number of aromatic nitrogens is 1. The van der Waals surface area contributed by atoms with E-state index < -0.39 is 5.92 Å². The first-order valence-corrected chi connectivity index (χ1v) is 5.72. The molecule has 0 radical (unpaired) electrons. The molecule has 0 bridgehead atoms. The highest BCUT2D eigenvalue weighted by atomic mass is 19.3. The Morgan fingerprint density at radius 3 is 2.88 bits per heavy atom. The largest absolute Gasteiger partial charge is 0.397 e. The van der Waals surface area contributed by atoms with Crippen LogP contribution in [0.1, 0.15) is 24.8 Å². The first-order chi connectivity index (χ1) is 7.87. The lowest BCUT2D eigenvalue weighted by molar-refractivity contribution is 0.00432. The molecule has 0 amide bonds. The van der Waals surface area contributed by atoms with Gasteiger partial charge in [0, 0.05) is 31.6 Å². The van der Waals surface area contributed by atoms with Crippen molar-refractivity contribution in [1.29, 1.82) is 0 Å². The number of halogens is 2.